The number of hydrogen-bond donors (Lipinski definition) is 1. The molecular weight excluding hydrogens is 359 g/mol. The van der Waals surface area contributed by atoms with Gasteiger partial charge in [-0.3, -0.25) is 9.69 Å². The van der Waals surface area contributed by atoms with Gasteiger partial charge in [-0.1, -0.05) is 36.4 Å². The van der Waals surface area contributed by atoms with Crippen LogP contribution in [0.25, 0.3) is 0 Å². The van der Waals surface area contributed by atoms with E-state index in [1.807, 2.05) is 30.3 Å². The summed E-state index contributed by atoms with van der Waals surface area (Å²) in [6.45, 7) is 2.24. The van der Waals surface area contributed by atoms with Crippen LogP contribution in [0.4, 0.5) is 4.39 Å². The SMILES string of the molecule is O=C(NCCN1Cc2ccccc2OC(c2ccccc2F)C1)c1ccco1. The molecule has 4 rings (SSSR count). The lowest BCUT2D eigenvalue weighted by atomic mass is 10.1. The predicted molar refractivity (Wildman–Crippen MR) is 103 cm³/mol. The molecule has 1 aliphatic heterocycles. The van der Waals surface area contributed by atoms with E-state index in [1.165, 1.54) is 12.3 Å². The number of halogens is 1. The molecule has 5 nitrogen and oxygen atoms in total. The second-order valence-corrected chi connectivity index (χ2v) is 6.70. The van der Waals surface area contributed by atoms with Gasteiger partial charge in [0.1, 0.15) is 17.7 Å². The maximum absolute atomic E-state index is 14.4. The lowest BCUT2D eigenvalue weighted by molar-refractivity contribution is 0.0915. The summed E-state index contributed by atoms with van der Waals surface area (Å²) in [7, 11) is 0. The highest BCUT2D eigenvalue weighted by atomic mass is 19.1. The van der Waals surface area contributed by atoms with Crippen LogP contribution in [-0.4, -0.2) is 30.4 Å². The van der Waals surface area contributed by atoms with E-state index in [2.05, 4.69) is 10.2 Å². The Morgan fingerprint density at radius 2 is 1.93 bits per heavy atom. The van der Waals surface area contributed by atoms with Crippen molar-refractivity contribution in [3.63, 3.8) is 0 Å². The van der Waals surface area contributed by atoms with E-state index in [0.29, 0.717) is 31.7 Å². The number of fused-ring (bicyclic) bond motifs is 1. The van der Waals surface area contributed by atoms with Gasteiger partial charge in [0.05, 0.1) is 6.26 Å². The Balaban J connectivity index is 1.48. The summed E-state index contributed by atoms with van der Waals surface area (Å²) in [5.74, 6) is 0.520. The summed E-state index contributed by atoms with van der Waals surface area (Å²) >= 11 is 0. The van der Waals surface area contributed by atoms with Gasteiger partial charge in [0, 0.05) is 37.3 Å². The molecule has 1 aliphatic rings. The smallest absolute Gasteiger partial charge is 0.287 e. The molecule has 0 saturated heterocycles. The van der Waals surface area contributed by atoms with Crippen molar-refractivity contribution in [3.8, 4) is 5.75 Å². The first-order valence-electron chi connectivity index (χ1n) is 9.24. The van der Waals surface area contributed by atoms with Crippen LogP contribution in [0.3, 0.4) is 0 Å². The number of nitrogens with zero attached hydrogens (tertiary/aromatic N) is 1. The highest BCUT2D eigenvalue weighted by Crippen LogP contribution is 2.31. The number of furan rings is 1. The van der Waals surface area contributed by atoms with Gasteiger partial charge in [-0.15, -0.1) is 0 Å². The molecule has 0 spiro atoms. The van der Waals surface area contributed by atoms with E-state index in [4.69, 9.17) is 9.15 Å². The van der Waals surface area contributed by atoms with Crippen LogP contribution >= 0.6 is 0 Å². The Morgan fingerprint density at radius 1 is 1.11 bits per heavy atom. The molecule has 1 aromatic heterocycles. The Morgan fingerprint density at radius 3 is 2.75 bits per heavy atom. The molecule has 0 aliphatic carbocycles. The highest BCUT2D eigenvalue weighted by Gasteiger charge is 2.26. The number of para-hydroxylation sites is 1. The molecule has 0 radical (unpaired) electrons. The summed E-state index contributed by atoms with van der Waals surface area (Å²) in [6, 6.07) is 17.8. The van der Waals surface area contributed by atoms with Gasteiger partial charge in [0.25, 0.3) is 5.91 Å². The second-order valence-electron chi connectivity index (χ2n) is 6.70. The van der Waals surface area contributed by atoms with Crippen LogP contribution in [0, 0.1) is 5.82 Å². The van der Waals surface area contributed by atoms with Gasteiger partial charge >= 0.3 is 0 Å². The van der Waals surface area contributed by atoms with E-state index in [9.17, 15) is 9.18 Å². The van der Waals surface area contributed by atoms with Gasteiger partial charge < -0.3 is 14.5 Å². The van der Waals surface area contributed by atoms with Crippen LogP contribution in [0.1, 0.15) is 27.8 Å². The first-order chi connectivity index (χ1) is 13.7. The third kappa shape index (κ3) is 4.07. The van der Waals surface area contributed by atoms with Crippen molar-refractivity contribution in [2.75, 3.05) is 19.6 Å². The van der Waals surface area contributed by atoms with E-state index in [-0.39, 0.29) is 17.5 Å². The van der Waals surface area contributed by atoms with Gasteiger partial charge in [-0.05, 0) is 24.3 Å². The fourth-order valence-electron chi connectivity index (χ4n) is 3.37. The Labute approximate surface area is 162 Å². The maximum atomic E-state index is 14.4. The average molecular weight is 380 g/mol. The number of ether oxygens (including phenoxy) is 1. The number of carbonyl (C=O) groups excluding carboxylic acids is 1. The molecule has 1 unspecified atom stereocenters. The normalized spacial score (nSPS) is 16.7. The molecule has 2 aromatic carbocycles. The number of carbonyl (C=O) groups is 1. The Hall–Kier alpha value is -3.12. The van der Waals surface area contributed by atoms with Crippen molar-refractivity contribution in [3.05, 3.63) is 89.6 Å². The minimum Gasteiger partial charge on any atom is -0.484 e. The predicted octanol–water partition coefficient (Wildman–Crippen LogP) is 3.78. The topological polar surface area (TPSA) is 54.7 Å². The fraction of sp³-hybridized carbons (Fsp3) is 0.227. The van der Waals surface area contributed by atoms with Crippen molar-refractivity contribution < 1.29 is 18.3 Å². The van der Waals surface area contributed by atoms with Gasteiger partial charge in [0.15, 0.2) is 5.76 Å². The minimum absolute atomic E-state index is 0.248. The van der Waals surface area contributed by atoms with E-state index >= 15 is 0 Å². The summed E-state index contributed by atoms with van der Waals surface area (Å²) in [6.07, 6.45) is 1.04. The Kier molecular flexibility index (Phi) is 5.39. The van der Waals surface area contributed by atoms with Gasteiger partial charge in [-0.25, -0.2) is 4.39 Å². The van der Waals surface area contributed by atoms with Crippen LogP contribution in [0.5, 0.6) is 5.75 Å². The largest absolute Gasteiger partial charge is 0.484 e. The molecule has 1 atom stereocenters. The van der Waals surface area contributed by atoms with Crippen LogP contribution in [0.2, 0.25) is 0 Å². The number of hydrogen-bond acceptors (Lipinski definition) is 4. The summed E-state index contributed by atoms with van der Waals surface area (Å²) in [5, 5.41) is 2.85. The number of nitrogens with one attached hydrogen (secondary N) is 1. The molecule has 28 heavy (non-hydrogen) atoms. The first-order valence-corrected chi connectivity index (χ1v) is 9.24. The average Bonchev–Trinajstić information content (AvgIpc) is 3.17. The molecule has 0 bridgehead atoms. The van der Waals surface area contributed by atoms with Crippen molar-refractivity contribution in [1.29, 1.82) is 0 Å². The third-order valence-corrected chi connectivity index (χ3v) is 4.77. The zero-order chi connectivity index (χ0) is 19.3. The molecule has 144 valence electrons. The van der Waals surface area contributed by atoms with Gasteiger partial charge in [0.2, 0.25) is 0 Å². The van der Waals surface area contributed by atoms with Crippen molar-refractivity contribution in [1.82, 2.24) is 10.2 Å². The quantitative estimate of drug-likeness (QED) is 0.732. The zero-order valence-electron chi connectivity index (χ0n) is 15.3. The highest BCUT2D eigenvalue weighted by molar-refractivity contribution is 5.91. The lowest BCUT2D eigenvalue weighted by Crippen LogP contribution is -2.36. The van der Waals surface area contributed by atoms with E-state index in [1.54, 1.807) is 24.3 Å². The standard InChI is InChI=1S/C22H21FN2O3/c23-18-8-3-2-7-17(18)21-15-25(14-16-6-1-4-9-19(16)28-21)12-11-24-22(26)20-10-5-13-27-20/h1-10,13,21H,11-12,14-15H2,(H,24,26). The van der Waals surface area contributed by atoms with E-state index in [0.717, 1.165) is 11.3 Å². The van der Waals surface area contributed by atoms with Crippen LogP contribution in [0.15, 0.2) is 71.3 Å². The van der Waals surface area contributed by atoms with Crippen molar-refractivity contribution in [2.45, 2.75) is 12.6 Å². The van der Waals surface area contributed by atoms with Crippen molar-refractivity contribution >= 4 is 5.91 Å². The molecular formula is C22H21FN2O3. The molecule has 1 N–H and O–H groups in total. The molecule has 3 aromatic rings. The van der Waals surface area contributed by atoms with Crippen LogP contribution in [-0.2, 0) is 6.54 Å². The maximum Gasteiger partial charge on any atom is 0.287 e. The second kappa shape index (κ2) is 8.27. The number of benzene rings is 2. The Bertz CT molecular complexity index is 942. The molecule has 0 fully saturated rings. The van der Waals surface area contributed by atoms with Crippen LogP contribution < -0.4 is 10.1 Å². The number of rotatable bonds is 5. The van der Waals surface area contributed by atoms with Gasteiger partial charge in [-0.2, -0.15) is 0 Å². The minimum atomic E-state index is -0.425. The molecule has 1 amide bonds. The molecule has 2 heterocycles. The van der Waals surface area contributed by atoms with Crippen molar-refractivity contribution in [2.24, 2.45) is 0 Å². The summed E-state index contributed by atoms with van der Waals surface area (Å²) in [4.78, 5) is 14.2. The monoisotopic (exact) mass is 380 g/mol. The zero-order valence-corrected chi connectivity index (χ0v) is 15.3. The number of amides is 1. The summed E-state index contributed by atoms with van der Waals surface area (Å²) < 4.78 is 25.6. The molecule has 0 saturated carbocycles. The third-order valence-electron chi connectivity index (χ3n) is 4.77. The first kappa shape index (κ1) is 18.3. The fourth-order valence-corrected chi connectivity index (χ4v) is 3.37. The van der Waals surface area contributed by atoms with E-state index < -0.39 is 6.10 Å². The molecule has 6 heteroatoms. The summed E-state index contributed by atoms with van der Waals surface area (Å²) in [5.41, 5.74) is 1.57. The lowest BCUT2D eigenvalue weighted by Gasteiger charge is -2.24.